The maximum Gasteiger partial charge on any atom is 0.0741 e. The summed E-state index contributed by atoms with van der Waals surface area (Å²) in [4.78, 5) is 2.31. The number of nitrogen functional groups attached to an aromatic ring is 1. The molecule has 0 bridgehead atoms. The van der Waals surface area contributed by atoms with Crippen LogP contribution in [0, 0.1) is 0 Å². The number of hydrogen-bond donors (Lipinski definition) is 1. The van der Waals surface area contributed by atoms with Gasteiger partial charge in [0.15, 0.2) is 0 Å². The molecule has 0 radical (unpaired) electrons. The zero-order valence-corrected chi connectivity index (χ0v) is 11.1. The number of ether oxygens (including phenoxy) is 1. The monoisotopic (exact) mass is 254 g/mol. The highest BCUT2D eigenvalue weighted by molar-refractivity contribution is 6.33. The molecule has 0 aromatic heterocycles. The number of morpholine rings is 1. The Balaban J connectivity index is 2.32. The molecule has 2 atom stereocenters. The molecule has 1 aliphatic heterocycles. The van der Waals surface area contributed by atoms with Gasteiger partial charge in [-0.05, 0) is 25.5 Å². The first kappa shape index (κ1) is 12.5. The lowest BCUT2D eigenvalue weighted by Gasteiger charge is -2.40. The molecule has 1 aromatic carbocycles. The standard InChI is InChI=1S/C13H19ClN2O/c1-3-10-8-17-9(2)7-16(10)12-6-4-5-11(14)13(12)15/h4-6,9-10H,3,7-8,15H2,1-2H3. The van der Waals surface area contributed by atoms with E-state index in [-0.39, 0.29) is 6.10 Å². The predicted octanol–water partition coefficient (Wildman–Crippen LogP) is 2.93. The van der Waals surface area contributed by atoms with Gasteiger partial charge < -0.3 is 15.4 Å². The average Bonchev–Trinajstić information content (AvgIpc) is 2.33. The van der Waals surface area contributed by atoms with Crippen LogP contribution in [0.5, 0.6) is 0 Å². The van der Waals surface area contributed by atoms with E-state index in [0.717, 1.165) is 25.3 Å². The first-order valence-electron chi connectivity index (χ1n) is 6.05. The van der Waals surface area contributed by atoms with Crippen molar-refractivity contribution in [2.24, 2.45) is 0 Å². The summed E-state index contributed by atoms with van der Waals surface area (Å²) >= 11 is 6.08. The van der Waals surface area contributed by atoms with E-state index >= 15 is 0 Å². The van der Waals surface area contributed by atoms with Crippen molar-refractivity contribution in [2.75, 3.05) is 23.8 Å². The largest absolute Gasteiger partial charge is 0.396 e. The summed E-state index contributed by atoms with van der Waals surface area (Å²) in [6.07, 6.45) is 1.27. The van der Waals surface area contributed by atoms with E-state index in [9.17, 15) is 0 Å². The SMILES string of the molecule is CCC1COC(C)CN1c1cccc(Cl)c1N. The summed E-state index contributed by atoms with van der Waals surface area (Å²) in [6.45, 7) is 5.87. The minimum Gasteiger partial charge on any atom is -0.396 e. The Morgan fingerprint density at radius 2 is 2.29 bits per heavy atom. The molecular weight excluding hydrogens is 236 g/mol. The van der Waals surface area contributed by atoms with Crippen molar-refractivity contribution in [2.45, 2.75) is 32.4 Å². The van der Waals surface area contributed by atoms with Gasteiger partial charge in [0, 0.05) is 6.54 Å². The molecule has 0 amide bonds. The molecule has 17 heavy (non-hydrogen) atoms. The molecule has 1 aromatic rings. The lowest BCUT2D eigenvalue weighted by Crippen LogP contribution is -2.48. The van der Waals surface area contributed by atoms with Crippen LogP contribution in [0.25, 0.3) is 0 Å². The van der Waals surface area contributed by atoms with E-state index in [2.05, 4.69) is 18.7 Å². The number of hydrogen-bond acceptors (Lipinski definition) is 3. The summed E-state index contributed by atoms with van der Waals surface area (Å²) in [5.74, 6) is 0. The number of halogens is 1. The Morgan fingerprint density at radius 1 is 1.53 bits per heavy atom. The molecular formula is C13H19ClN2O. The van der Waals surface area contributed by atoms with Crippen LogP contribution in [0.2, 0.25) is 5.02 Å². The fourth-order valence-electron chi connectivity index (χ4n) is 2.25. The maximum atomic E-state index is 6.08. The van der Waals surface area contributed by atoms with Gasteiger partial charge >= 0.3 is 0 Å². The maximum absolute atomic E-state index is 6.08. The quantitative estimate of drug-likeness (QED) is 0.825. The van der Waals surface area contributed by atoms with Crippen LogP contribution in [0.1, 0.15) is 20.3 Å². The zero-order chi connectivity index (χ0) is 12.4. The highest BCUT2D eigenvalue weighted by Crippen LogP contribution is 2.33. The van der Waals surface area contributed by atoms with Crippen molar-refractivity contribution in [1.29, 1.82) is 0 Å². The second-order valence-electron chi connectivity index (χ2n) is 4.53. The normalized spacial score (nSPS) is 25.0. The summed E-state index contributed by atoms with van der Waals surface area (Å²) in [6, 6.07) is 6.18. The van der Waals surface area contributed by atoms with Gasteiger partial charge in [-0.2, -0.15) is 0 Å². The fraction of sp³-hybridized carbons (Fsp3) is 0.538. The molecule has 1 fully saturated rings. The summed E-state index contributed by atoms with van der Waals surface area (Å²) in [7, 11) is 0. The third kappa shape index (κ3) is 2.50. The Morgan fingerprint density at radius 3 is 3.00 bits per heavy atom. The topological polar surface area (TPSA) is 38.5 Å². The highest BCUT2D eigenvalue weighted by atomic mass is 35.5. The average molecular weight is 255 g/mol. The van der Waals surface area contributed by atoms with E-state index in [1.807, 2.05) is 18.2 Å². The summed E-state index contributed by atoms with van der Waals surface area (Å²) in [5.41, 5.74) is 7.76. The van der Waals surface area contributed by atoms with Gasteiger partial charge in [0.1, 0.15) is 0 Å². The van der Waals surface area contributed by atoms with Gasteiger partial charge in [0.2, 0.25) is 0 Å². The molecule has 4 heteroatoms. The van der Waals surface area contributed by atoms with E-state index in [0.29, 0.717) is 16.8 Å². The lowest BCUT2D eigenvalue weighted by atomic mass is 10.1. The van der Waals surface area contributed by atoms with Crippen molar-refractivity contribution in [3.63, 3.8) is 0 Å². The Labute approximate surface area is 107 Å². The number of nitrogens with zero attached hydrogens (tertiary/aromatic N) is 1. The van der Waals surface area contributed by atoms with Crippen LogP contribution in [0.3, 0.4) is 0 Å². The van der Waals surface area contributed by atoms with Crippen LogP contribution in [-0.2, 0) is 4.74 Å². The van der Waals surface area contributed by atoms with E-state index < -0.39 is 0 Å². The predicted molar refractivity (Wildman–Crippen MR) is 72.7 cm³/mol. The van der Waals surface area contributed by atoms with Crippen LogP contribution in [0.15, 0.2) is 18.2 Å². The molecule has 3 nitrogen and oxygen atoms in total. The first-order chi connectivity index (χ1) is 8.13. The highest BCUT2D eigenvalue weighted by Gasteiger charge is 2.27. The molecule has 2 N–H and O–H groups in total. The third-order valence-electron chi connectivity index (χ3n) is 3.28. The van der Waals surface area contributed by atoms with Gasteiger partial charge in [-0.1, -0.05) is 24.6 Å². The van der Waals surface area contributed by atoms with Crippen LogP contribution >= 0.6 is 11.6 Å². The molecule has 1 heterocycles. The number of anilines is 2. The van der Waals surface area contributed by atoms with E-state index in [4.69, 9.17) is 22.1 Å². The smallest absolute Gasteiger partial charge is 0.0741 e. The number of para-hydroxylation sites is 1. The Kier molecular flexibility index (Phi) is 3.79. The van der Waals surface area contributed by atoms with Crippen LogP contribution in [-0.4, -0.2) is 25.3 Å². The number of nitrogens with two attached hydrogens (primary N) is 1. The summed E-state index contributed by atoms with van der Waals surface area (Å²) in [5, 5.41) is 0.622. The molecule has 0 saturated carbocycles. The molecule has 2 unspecified atom stereocenters. The Bertz CT molecular complexity index is 397. The molecule has 1 aliphatic rings. The number of rotatable bonds is 2. The van der Waals surface area contributed by atoms with E-state index in [1.165, 1.54) is 0 Å². The first-order valence-corrected chi connectivity index (χ1v) is 6.43. The van der Waals surface area contributed by atoms with Crippen molar-refractivity contribution in [3.8, 4) is 0 Å². The molecule has 1 saturated heterocycles. The zero-order valence-electron chi connectivity index (χ0n) is 10.3. The van der Waals surface area contributed by atoms with Gasteiger partial charge in [-0.3, -0.25) is 0 Å². The van der Waals surface area contributed by atoms with Crippen molar-refractivity contribution < 1.29 is 4.74 Å². The van der Waals surface area contributed by atoms with Crippen LogP contribution < -0.4 is 10.6 Å². The van der Waals surface area contributed by atoms with Crippen molar-refractivity contribution in [1.82, 2.24) is 0 Å². The van der Waals surface area contributed by atoms with Gasteiger partial charge in [-0.15, -0.1) is 0 Å². The van der Waals surface area contributed by atoms with Crippen LogP contribution in [0.4, 0.5) is 11.4 Å². The minimum atomic E-state index is 0.233. The second kappa shape index (κ2) is 5.15. The minimum absolute atomic E-state index is 0.233. The lowest BCUT2D eigenvalue weighted by molar-refractivity contribution is 0.0300. The Hall–Kier alpha value is -0.930. The summed E-state index contributed by atoms with van der Waals surface area (Å²) < 4.78 is 5.69. The molecule has 94 valence electrons. The van der Waals surface area contributed by atoms with Gasteiger partial charge in [0.25, 0.3) is 0 Å². The third-order valence-corrected chi connectivity index (χ3v) is 3.61. The molecule has 0 spiro atoms. The van der Waals surface area contributed by atoms with Gasteiger partial charge in [-0.25, -0.2) is 0 Å². The fourth-order valence-corrected chi connectivity index (χ4v) is 2.42. The van der Waals surface area contributed by atoms with Crippen molar-refractivity contribution >= 4 is 23.0 Å². The molecule has 0 aliphatic carbocycles. The van der Waals surface area contributed by atoms with Crippen molar-refractivity contribution in [3.05, 3.63) is 23.2 Å². The second-order valence-corrected chi connectivity index (χ2v) is 4.94. The van der Waals surface area contributed by atoms with Gasteiger partial charge in [0.05, 0.1) is 35.2 Å². The number of benzene rings is 1. The van der Waals surface area contributed by atoms with E-state index in [1.54, 1.807) is 0 Å². The molecule has 2 rings (SSSR count).